The Bertz CT molecular complexity index is 748. The number of carbonyl (C=O) groups is 1. The van der Waals surface area contributed by atoms with E-state index >= 15 is 0 Å². The lowest BCUT2D eigenvalue weighted by atomic mass is 10.2. The van der Waals surface area contributed by atoms with Crippen LogP contribution in [0.3, 0.4) is 0 Å². The molecule has 106 valence electrons. The smallest absolute Gasteiger partial charge is 0.267 e. The van der Waals surface area contributed by atoms with Crippen molar-refractivity contribution in [3.63, 3.8) is 0 Å². The van der Waals surface area contributed by atoms with Gasteiger partial charge in [-0.05, 0) is 44.2 Å². The van der Waals surface area contributed by atoms with Crippen LogP contribution in [0.1, 0.15) is 21.7 Å². The van der Waals surface area contributed by atoms with Crippen LogP contribution >= 0.6 is 0 Å². The molecule has 1 heterocycles. The second kappa shape index (κ2) is 5.06. The van der Waals surface area contributed by atoms with E-state index in [1.165, 1.54) is 29.1 Å². The molecule has 0 radical (unpaired) electrons. The summed E-state index contributed by atoms with van der Waals surface area (Å²) in [4.78, 5) is 13.3. The number of aryl methyl sites for hydroxylation is 2. The van der Waals surface area contributed by atoms with E-state index in [2.05, 4.69) is 10.5 Å². The fourth-order valence-corrected chi connectivity index (χ4v) is 2.21. The third kappa shape index (κ3) is 3.03. The van der Waals surface area contributed by atoms with Crippen LogP contribution < -0.4 is 10.6 Å². The summed E-state index contributed by atoms with van der Waals surface area (Å²) in [5.41, 5.74) is 4.48. The van der Waals surface area contributed by atoms with Crippen molar-refractivity contribution in [3.05, 3.63) is 47.3 Å². The summed E-state index contributed by atoms with van der Waals surface area (Å²) in [6, 6.07) is 7.17. The van der Waals surface area contributed by atoms with Gasteiger partial charge in [0.2, 0.25) is 10.0 Å². The predicted molar refractivity (Wildman–Crippen MR) is 73.2 cm³/mol. The van der Waals surface area contributed by atoms with Gasteiger partial charge in [0.25, 0.3) is 5.91 Å². The number of carbonyl (C=O) groups excluding carboxylic acids is 1. The lowest BCUT2D eigenvalue weighted by molar-refractivity contribution is 0.100. The standard InChI is InChI=1S/C12H14N4O3S/c1-8-7-9(2)16(14-8)15-12(17)10-3-5-11(6-4-10)20(13,18)19/h3-7H,1-2H3,(H,15,17)(H2,13,18,19). The molecule has 20 heavy (non-hydrogen) atoms. The summed E-state index contributed by atoms with van der Waals surface area (Å²) < 4.78 is 22.2. The summed E-state index contributed by atoms with van der Waals surface area (Å²) in [7, 11) is -3.76. The number of nitrogens with one attached hydrogen (secondary N) is 1. The molecule has 0 fully saturated rings. The lowest BCUT2D eigenvalue weighted by Crippen LogP contribution is -2.25. The summed E-state index contributed by atoms with van der Waals surface area (Å²) in [6.45, 7) is 3.63. The predicted octanol–water partition coefficient (Wildman–Crippen LogP) is 0.531. The van der Waals surface area contributed by atoms with E-state index < -0.39 is 15.9 Å². The van der Waals surface area contributed by atoms with E-state index in [0.717, 1.165) is 11.4 Å². The highest BCUT2D eigenvalue weighted by Gasteiger charge is 2.11. The van der Waals surface area contributed by atoms with E-state index in [-0.39, 0.29) is 4.90 Å². The Morgan fingerprint density at radius 3 is 2.30 bits per heavy atom. The van der Waals surface area contributed by atoms with Crippen LogP contribution in [0.4, 0.5) is 0 Å². The van der Waals surface area contributed by atoms with Crippen LogP contribution in [0.15, 0.2) is 35.2 Å². The molecule has 0 aliphatic rings. The zero-order valence-electron chi connectivity index (χ0n) is 11.0. The number of nitrogens with zero attached hydrogens (tertiary/aromatic N) is 2. The van der Waals surface area contributed by atoms with E-state index in [9.17, 15) is 13.2 Å². The van der Waals surface area contributed by atoms with Crippen molar-refractivity contribution >= 4 is 15.9 Å². The molecule has 0 saturated carbocycles. The number of hydrogen-bond acceptors (Lipinski definition) is 4. The molecule has 3 N–H and O–H groups in total. The number of rotatable bonds is 3. The molecule has 0 aliphatic heterocycles. The first-order valence-electron chi connectivity index (χ1n) is 5.75. The molecule has 0 bridgehead atoms. The number of aromatic nitrogens is 2. The third-order valence-electron chi connectivity index (χ3n) is 2.66. The topological polar surface area (TPSA) is 107 Å². The monoisotopic (exact) mass is 294 g/mol. The van der Waals surface area contributed by atoms with Crippen LogP contribution in [-0.2, 0) is 10.0 Å². The molecule has 0 atom stereocenters. The highest BCUT2D eigenvalue weighted by Crippen LogP contribution is 2.09. The van der Waals surface area contributed by atoms with Gasteiger partial charge >= 0.3 is 0 Å². The van der Waals surface area contributed by atoms with Gasteiger partial charge in [0, 0.05) is 5.56 Å². The van der Waals surface area contributed by atoms with Gasteiger partial charge in [0.05, 0.1) is 16.3 Å². The van der Waals surface area contributed by atoms with Crippen molar-refractivity contribution < 1.29 is 13.2 Å². The van der Waals surface area contributed by atoms with Gasteiger partial charge in [0.15, 0.2) is 0 Å². The van der Waals surface area contributed by atoms with Crippen LogP contribution in [0.2, 0.25) is 0 Å². The summed E-state index contributed by atoms with van der Waals surface area (Å²) in [5.74, 6) is -0.392. The molecule has 2 aromatic rings. The van der Waals surface area contributed by atoms with E-state index in [1.807, 2.05) is 19.9 Å². The zero-order chi connectivity index (χ0) is 14.9. The Kier molecular flexibility index (Phi) is 3.60. The second-order valence-corrected chi connectivity index (χ2v) is 5.91. The van der Waals surface area contributed by atoms with Gasteiger partial charge in [-0.3, -0.25) is 4.79 Å². The van der Waals surface area contributed by atoms with Crippen molar-refractivity contribution in [1.82, 2.24) is 9.89 Å². The number of benzene rings is 1. The quantitative estimate of drug-likeness (QED) is 0.861. The highest BCUT2D eigenvalue weighted by molar-refractivity contribution is 7.89. The summed E-state index contributed by atoms with van der Waals surface area (Å²) in [5, 5.41) is 9.09. The largest absolute Gasteiger partial charge is 0.271 e. The molecular formula is C12H14N4O3S. The number of amides is 1. The maximum absolute atomic E-state index is 12.0. The summed E-state index contributed by atoms with van der Waals surface area (Å²) >= 11 is 0. The van der Waals surface area contributed by atoms with Gasteiger partial charge in [-0.2, -0.15) is 9.89 Å². The molecule has 0 aliphatic carbocycles. The number of hydrogen-bond donors (Lipinski definition) is 2. The molecule has 2 rings (SSSR count). The Labute approximate surface area is 116 Å². The van der Waals surface area contributed by atoms with Gasteiger partial charge in [-0.25, -0.2) is 19.0 Å². The Morgan fingerprint density at radius 1 is 1.25 bits per heavy atom. The number of primary sulfonamides is 1. The van der Waals surface area contributed by atoms with Gasteiger partial charge in [-0.1, -0.05) is 0 Å². The Hall–Kier alpha value is -2.19. The van der Waals surface area contributed by atoms with E-state index in [4.69, 9.17) is 5.14 Å². The minimum Gasteiger partial charge on any atom is -0.267 e. The minimum absolute atomic E-state index is 0.0415. The molecule has 0 saturated heterocycles. The lowest BCUT2D eigenvalue weighted by Gasteiger charge is -2.07. The normalized spacial score (nSPS) is 11.3. The molecule has 1 aromatic heterocycles. The van der Waals surface area contributed by atoms with E-state index in [0.29, 0.717) is 5.56 Å². The molecule has 1 aromatic carbocycles. The number of nitrogens with two attached hydrogens (primary N) is 1. The average molecular weight is 294 g/mol. The SMILES string of the molecule is Cc1cc(C)n(NC(=O)c2ccc(S(N)(=O)=O)cc2)n1. The zero-order valence-corrected chi connectivity index (χ0v) is 11.8. The van der Waals surface area contributed by atoms with Crippen LogP contribution in [0, 0.1) is 13.8 Å². The summed E-state index contributed by atoms with van der Waals surface area (Å²) in [6.07, 6.45) is 0. The molecule has 0 unspecified atom stereocenters. The van der Waals surface area contributed by atoms with Crippen LogP contribution in [0.5, 0.6) is 0 Å². The van der Waals surface area contributed by atoms with Crippen LogP contribution in [-0.4, -0.2) is 24.2 Å². The van der Waals surface area contributed by atoms with Gasteiger partial charge in [0.1, 0.15) is 0 Å². The Balaban J connectivity index is 2.20. The molecular weight excluding hydrogens is 280 g/mol. The number of sulfonamides is 1. The van der Waals surface area contributed by atoms with Crippen LogP contribution in [0.25, 0.3) is 0 Å². The second-order valence-electron chi connectivity index (χ2n) is 4.35. The fourth-order valence-electron chi connectivity index (χ4n) is 1.70. The molecule has 8 heteroatoms. The van der Waals surface area contributed by atoms with Crippen molar-refractivity contribution in [1.29, 1.82) is 0 Å². The van der Waals surface area contributed by atoms with Gasteiger partial charge in [-0.15, -0.1) is 0 Å². The molecule has 1 amide bonds. The first-order chi connectivity index (χ1) is 9.27. The molecule has 0 spiro atoms. The van der Waals surface area contributed by atoms with Crippen molar-refractivity contribution in [2.24, 2.45) is 5.14 Å². The maximum Gasteiger partial charge on any atom is 0.271 e. The van der Waals surface area contributed by atoms with Gasteiger partial charge < -0.3 is 0 Å². The van der Waals surface area contributed by atoms with Crippen molar-refractivity contribution in [2.45, 2.75) is 18.7 Å². The Morgan fingerprint density at radius 2 is 1.85 bits per heavy atom. The van der Waals surface area contributed by atoms with E-state index in [1.54, 1.807) is 0 Å². The molecule has 7 nitrogen and oxygen atoms in total. The fraction of sp³-hybridized carbons (Fsp3) is 0.167. The highest BCUT2D eigenvalue weighted by atomic mass is 32.2. The van der Waals surface area contributed by atoms with Crippen molar-refractivity contribution in [2.75, 3.05) is 5.43 Å². The first-order valence-corrected chi connectivity index (χ1v) is 7.29. The third-order valence-corrected chi connectivity index (χ3v) is 3.59. The minimum atomic E-state index is -3.76. The van der Waals surface area contributed by atoms with Crippen molar-refractivity contribution in [3.8, 4) is 0 Å². The maximum atomic E-state index is 12.0. The average Bonchev–Trinajstić information content (AvgIpc) is 2.67. The first kappa shape index (κ1) is 14.2.